The number of rotatable bonds is 7. The summed E-state index contributed by atoms with van der Waals surface area (Å²) in [6, 6.07) is 5.01. The summed E-state index contributed by atoms with van der Waals surface area (Å²) in [6.45, 7) is 3.51. The van der Waals surface area contributed by atoms with E-state index in [1.54, 1.807) is 25.1 Å². The number of alkyl halides is 3. The van der Waals surface area contributed by atoms with Crippen LogP contribution in [-0.2, 0) is 11.2 Å². The molecule has 2 rings (SSSR count). The van der Waals surface area contributed by atoms with Gasteiger partial charge in [0.1, 0.15) is 17.9 Å². The van der Waals surface area contributed by atoms with Gasteiger partial charge in [-0.1, -0.05) is 6.08 Å². The first-order valence-electron chi connectivity index (χ1n) is 8.22. The van der Waals surface area contributed by atoms with E-state index in [1.165, 1.54) is 13.2 Å². The summed E-state index contributed by atoms with van der Waals surface area (Å²) in [5.74, 6) is -0.180. The summed E-state index contributed by atoms with van der Waals surface area (Å²) in [6.07, 6.45) is -3.53. The lowest BCUT2D eigenvalue weighted by atomic mass is 10.0. The summed E-state index contributed by atoms with van der Waals surface area (Å²) < 4.78 is 48.2. The van der Waals surface area contributed by atoms with Crippen molar-refractivity contribution >= 4 is 16.9 Å². The van der Waals surface area contributed by atoms with Gasteiger partial charge in [-0.15, -0.1) is 6.58 Å². The van der Waals surface area contributed by atoms with Crippen molar-refractivity contribution < 1.29 is 27.1 Å². The van der Waals surface area contributed by atoms with E-state index in [4.69, 9.17) is 9.15 Å². The SMILES string of the molecule is C=CCN(CC(F)(F)F)C(=O)CCc1c(C)c2ccc(OC)cc2oc1=O. The Labute approximate surface area is 154 Å². The lowest BCUT2D eigenvalue weighted by Crippen LogP contribution is -2.39. The van der Waals surface area contributed by atoms with Crippen molar-refractivity contribution in [2.24, 2.45) is 0 Å². The Bertz CT molecular complexity index is 902. The lowest BCUT2D eigenvalue weighted by Gasteiger charge is -2.22. The molecule has 0 saturated carbocycles. The predicted octanol–water partition coefficient (Wildman–Crippen LogP) is 3.62. The number of amides is 1. The second-order valence-electron chi connectivity index (χ2n) is 6.03. The first-order valence-corrected chi connectivity index (χ1v) is 8.22. The number of carbonyl (C=O) groups excluding carboxylic acids is 1. The van der Waals surface area contributed by atoms with E-state index in [0.29, 0.717) is 27.2 Å². The average Bonchev–Trinajstić information content (AvgIpc) is 2.59. The Morgan fingerprint density at radius 3 is 2.67 bits per heavy atom. The number of fused-ring (bicyclic) bond motifs is 1. The van der Waals surface area contributed by atoms with Crippen LogP contribution in [0, 0.1) is 6.92 Å². The minimum absolute atomic E-state index is 0.0134. The van der Waals surface area contributed by atoms with Crippen molar-refractivity contribution in [2.75, 3.05) is 20.2 Å². The zero-order chi connectivity index (χ0) is 20.2. The molecule has 0 aliphatic carbocycles. The minimum atomic E-state index is -4.50. The number of nitrogens with zero attached hydrogens (tertiary/aromatic N) is 1. The van der Waals surface area contributed by atoms with Crippen molar-refractivity contribution in [2.45, 2.75) is 25.9 Å². The maximum atomic E-state index is 12.6. The van der Waals surface area contributed by atoms with E-state index >= 15 is 0 Å². The second kappa shape index (κ2) is 8.28. The van der Waals surface area contributed by atoms with E-state index in [9.17, 15) is 22.8 Å². The highest BCUT2D eigenvalue weighted by Gasteiger charge is 2.32. The van der Waals surface area contributed by atoms with Gasteiger partial charge in [-0.25, -0.2) is 4.79 Å². The minimum Gasteiger partial charge on any atom is -0.497 e. The average molecular weight is 383 g/mol. The molecule has 1 heterocycles. The molecule has 1 aromatic carbocycles. The molecule has 0 aliphatic rings. The van der Waals surface area contributed by atoms with Crippen molar-refractivity contribution in [1.29, 1.82) is 0 Å². The zero-order valence-electron chi connectivity index (χ0n) is 15.1. The number of hydrogen-bond acceptors (Lipinski definition) is 4. The van der Waals surface area contributed by atoms with Gasteiger partial charge in [-0.3, -0.25) is 4.79 Å². The topological polar surface area (TPSA) is 59.8 Å². The summed E-state index contributed by atoms with van der Waals surface area (Å²) in [4.78, 5) is 25.1. The second-order valence-corrected chi connectivity index (χ2v) is 6.03. The molecule has 0 atom stereocenters. The number of benzene rings is 1. The largest absolute Gasteiger partial charge is 0.497 e. The Hall–Kier alpha value is -2.77. The standard InChI is InChI=1S/C19H20F3NO4/c1-4-9-23(11-19(20,21)22)17(24)8-7-15-12(2)14-6-5-13(26-3)10-16(14)27-18(15)25/h4-6,10H,1,7-9,11H2,2-3H3. The fourth-order valence-corrected chi connectivity index (χ4v) is 2.81. The van der Waals surface area contributed by atoms with Crippen molar-refractivity contribution in [3.05, 3.63) is 52.4 Å². The summed E-state index contributed by atoms with van der Waals surface area (Å²) in [7, 11) is 1.49. The van der Waals surface area contributed by atoms with Gasteiger partial charge < -0.3 is 14.1 Å². The van der Waals surface area contributed by atoms with E-state index < -0.39 is 24.3 Å². The molecule has 5 nitrogen and oxygen atoms in total. The molecule has 0 fully saturated rings. The number of ether oxygens (including phenoxy) is 1. The van der Waals surface area contributed by atoms with Crippen LogP contribution in [0.15, 0.2) is 40.1 Å². The van der Waals surface area contributed by atoms with Gasteiger partial charge in [0.2, 0.25) is 5.91 Å². The van der Waals surface area contributed by atoms with Gasteiger partial charge in [-0.05, 0) is 31.0 Å². The van der Waals surface area contributed by atoms with Crippen molar-refractivity contribution in [1.82, 2.24) is 4.90 Å². The van der Waals surface area contributed by atoms with E-state index in [-0.39, 0.29) is 24.9 Å². The van der Waals surface area contributed by atoms with E-state index in [0.717, 1.165) is 0 Å². The normalized spacial score (nSPS) is 11.4. The van der Waals surface area contributed by atoms with Gasteiger partial charge >= 0.3 is 11.8 Å². The van der Waals surface area contributed by atoms with E-state index in [1.807, 2.05) is 0 Å². The molecule has 27 heavy (non-hydrogen) atoms. The van der Waals surface area contributed by atoms with E-state index in [2.05, 4.69) is 6.58 Å². The number of aryl methyl sites for hydroxylation is 1. The number of hydrogen-bond donors (Lipinski definition) is 0. The molecular weight excluding hydrogens is 363 g/mol. The molecule has 0 radical (unpaired) electrons. The zero-order valence-corrected chi connectivity index (χ0v) is 15.1. The van der Waals surface area contributed by atoms with Crippen LogP contribution in [0.2, 0.25) is 0 Å². The third-order valence-corrected chi connectivity index (χ3v) is 4.16. The fourth-order valence-electron chi connectivity index (χ4n) is 2.81. The van der Waals surface area contributed by atoms with Crippen molar-refractivity contribution in [3.63, 3.8) is 0 Å². The highest BCUT2D eigenvalue weighted by molar-refractivity contribution is 5.82. The third kappa shape index (κ3) is 5.12. The van der Waals surface area contributed by atoms with Crippen LogP contribution < -0.4 is 10.4 Å². The molecule has 1 amide bonds. The Morgan fingerprint density at radius 1 is 1.37 bits per heavy atom. The first-order chi connectivity index (χ1) is 12.7. The molecule has 0 aliphatic heterocycles. The smallest absolute Gasteiger partial charge is 0.406 e. The maximum absolute atomic E-state index is 12.6. The van der Waals surface area contributed by atoms with Crippen LogP contribution in [0.5, 0.6) is 5.75 Å². The van der Waals surface area contributed by atoms with Crippen molar-refractivity contribution in [3.8, 4) is 5.75 Å². The third-order valence-electron chi connectivity index (χ3n) is 4.16. The Kier molecular flexibility index (Phi) is 6.30. The maximum Gasteiger partial charge on any atom is 0.406 e. The van der Waals surface area contributed by atoms with Crippen LogP contribution in [0.3, 0.4) is 0 Å². The Balaban J connectivity index is 2.24. The molecule has 0 N–H and O–H groups in total. The summed E-state index contributed by atoms with van der Waals surface area (Å²) in [5, 5.41) is 0.677. The Morgan fingerprint density at radius 2 is 2.07 bits per heavy atom. The molecule has 0 bridgehead atoms. The quantitative estimate of drug-likeness (QED) is 0.541. The van der Waals surface area contributed by atoms with Crippen LogP contribution in [-0.4, -0.2) is 37.2 Å². The fraction of sp³-hybridized carbons (Fsp3) is 0.368. The molecule has 0 unspecified atom stereocenters. The van der Waals surface area contributed by atoms with Crippen LogP contribution in [0.1, 0.15) is 17.5 Å². The molecular formula is C19H20F3NO4. The van der Waals surface area contributed by atoms with Gasteiger partial charge in [0.15, 0.2) is 0 Å². The monoisotopic (exact) mass is 383 g/mol. The van der Waals surface area contributed by atoms with Crippen LogP contribution >= 0.6 is 0 Å². The van der Waals surface area contributed by atoms with Crippen LogP contribution in [0.25, 0.3) is 11.0 Å². The number of carbonyl (C=O) groups is 1. The molecule has 2 aromatic rings. The first kappa shape index (κ1) is 20.5. The van der Waals surface area contributed by atoms with Gasteiger partial charge in [-0.2, -0.15) is 13.2 Å². The molecule has 146 valence electrons. The number of methoxy groups -OCH3 is 1. The predicted molar refractivity (Wildman–Crippen MR) is 94.9 cm³/mol. The summed E-state index contributed by atoms with van der Waals surface area (Å²) >= 11 is 0. The molecule has 0 spiro atoms. The highest BCUT2D eigenvalue weighted by atomic mass is 19.4. The number of halogens is 3. The molecule has 1 aromatic heterocycles. The molecule has 0 saturated heterocycles. The highest BCUT2D eigenvalue weighted by Crippen LogP contribution is 2.24. The summed E-state index contributed by atoms with van der Waals surface area (Å²) in [5.41, 5.74) is 0.624. The van der Waals surface area contributed by atoms with Crippen LogP contribution in [0.4, 0.5) is 13.2 Å². The molecule has 8 heteroatoms. The van der Waals surface area contributed by atoms with Gasteiger partial charge in [0.25, 0.3) is 0 Å². The van der Waals surface area contributed by atoms with Gasteiger partial charge in [0, 0.05) is 30.0 Å². The van der Waals surface area contributed by atoms with Gasteiger partial charge in [0.05, 0.1) is 7.11 Å². The lowest BCUT2D eigenvalue weighted by molar-refractivity contribution is -0.160.